The van der Waals surface area contributed by atoms with Gasteiger partial charge in [-0.05, 0) is 96.5 Å². The number of hydrogen-bond acceptors (Lipinski definition) is 5. The van der Waals surface area contributed by atoms with Crippen LogP contribution in [0, 0.1) is 0 Å². The standard InChI is InChI=1S/C21H21BrN2O3S/c1-4-26-16-8-6-15(7-9-16)23-21-24-20(25)19(28-21)12-14-5-10-18(17(22)11-14)27-13(2)3/h5-13H,4H2,1-3H3,(H,23,24,25)/b19-12+. The van der Waals surface area contributed by atoms with Crippen LogP contribution in [0.1, 0.15) is 26.3 Å². The molecule has 1 aliphatic heterocycles. The third-order valence-electron chi connectivity index (χ3n) is 3.65. The molecule has 7 heteroatoms. The molecule has 0 saturated carbocycles. The highest BCUT2D eigenvalue weighted by Crippen LogP contribution is 2.31. The van der Waals surface area contributed by atoms with Crippen LogP contribution < -0.4 is 14.8 Å². The third kappa shape index (κ3) is 5.39. The van der Waals surface area contributed by atoms with Gasteiger partial charge in [0.05, 0.1) is 27.8 Å². The number of amides is 1. The molecule has 0 aromatic heterocycles. The number of amidine groups is 1. The van der Waals surface area contributed by atoms with Gasteiger partial charge in [0.25, 0.3) is 5.91 Å². The van der Waals surface area contributed by atoms with Crippen molar-refractivity contribution in [2.24, 2.45) is 4.99 Å². The molecule has 28 heavy (non-hydrogen) atoms. The van der Waals surface area contributed by atoms with Gasteiger partial charge in [0.15, 0.2) is 5.17 Å². The average Bonchev–Trinajstić information content (AvgIpc) is 2.98. The summed E-state index contributed by atoms with van der Waals surface area (Å²) in [4.78, 5) is 17.4. The Morgan fingerprint density at radius 3 is 2.61 bits per heavy atom. The minimum Gasteiger partial charge on any atom is -0.494 e. The quantitative estimate of drug-likeness (QED) is 0.575. The number of aliphatic imine (C=N–C) groups is 1. The van der Waals surface area contributed by atoms with E-state index in [0.717, 1.165) is 27.2 Å². The second-order valence-electron chi connectivity index (χ2n) is 6.27. The van der Waals surface area contributed by atoms with Gasteiger partial charge in [-0.2, -0.15) is 0 Å². The average molecular weight is 461 g/mol. The Morgan fingerprint density at radius 2 is 1.96 bits per heavy atom. The molecule has 2 aromatic carbocycles. The number of nitrogens with zero attached hydrogens (tertiary/aromatic N) is 1. The summed E-state index contributed by atoms with van der Waals surface area (Å²) >= 11 is 4.83. The van der Waals surface area contributed by atoms with Crippen molar-refractivity contribution in [3.05, 3.63) is 57.4 Å². The van der Waals surface area contributed by atoms with Crippen LogP contribution in [0.15, 0.2) is 56.8 Å². The van der Waals surface area contributed by atoms with Crippen molar-refractivity contribution in [3.63, 3.8) is 0 Å². The first-order chi connectivity index (χ1) is 13.4. The van der Waals surface area contributed by atoms with Gasteiger partial charge >= 0.3 is 0 Å². The van der Waals surface area contributed by atoms with E-state index in [1.165, 1.54) is 11.8 Å². The van der Waals surface area contributed by atoms with Crippen LogP contribution >= 0.6 is 27.7 Å². The second kappa shape index (κ2) is 9.30. The third-order valence-corrected chi connectivity index (χ3v) is 5.18. The number of benzene rings is 2. The monoisotopic (exact) mass is 460 g/mol. The summed E-state index contributed by atoms with van der Waals surface area (Å²) < 4.78 is 12.0. The van der Waals surface area contributed by atoms with Crippen LogP contribution in [0.5, 0.6) is 11.5 Å². The zero-order valence-electron chi connectivity index (χ0n) is 15.9. The van der Waals surface area contributed by atoms with E-state index >= 15 is 0 Å². The highest BCUT2D eigenvalue weighted by Gasteiger charge is 2.23. The van der Waals surface area contributed by atoms with Crippen molar-refractivity contribution in [2.75, 3.05) is 6.61 Å². The van der Waals surface area contributed by atoms with Gasteiger partial charge in [-0.15, -0.1) is 0 Å². The van der Waals surface area contributed by atoms with E-state index in [-0.39, 0.29) is 12.0 Å². The normalized spacial score (nSPS) is 16.7. The Labute approximate surface area is 177 Å². The maximum Gasteiger partial charge on any atom is 0.264 e. The summed E-state index contributed by atoms with van der Waals surface area (Å²) in [6.45, 7) is 6.52. The highest BCUT2D eigenvalue weighted by molar-refractivity contribution is 9.10. The number of nitrogens with one attached hydrogen (secondary N) is 1. The lowest BCUT2D eigenvalue weighted by Gasteiger charge is -2.11. The number of carbonyl (C=O) groups excluding carboxylic acids is 1. The molecule has 0 atom stereocenters. The molecule has 1 heterocycles. The van der Waals surface area contributed by atoms with E-state index in [1.807, 2.05) is 69.3 Å². The molecule has 146 valence electrons. The number of rotatable bonds is 6. The largest absolute Gasteiger partial charge is 0.494 e. The molecule has 0 radical (unpaired) electrons. The van der Waals surface area contributed by atoms with Crippen LogP contribution in [-0.2, 0) is 4.79 Å². The number of halogens is 1. The van der Waals surface area contributed by atoms with Gasteiger partial charge in [-0.25, -0.2) is 4.99 Å². The van der Waals surface area contributed by atoms with Gasteiger partial charge in [0.2, 0.25) is 0 Å². The summed E-state index contributed by atoms with van der Waals surface area (Å²) in [6, 6.07) is 13.2. The number of ether oxygens (including phenoxy) is 2. The van der Waals surface area contributed by atoms with Crippen LogP contribution in [-0.4, -0.2) is 23.8 Å². The van der Waals surface area contributed by atoms with Crippen molar-refractivity contribution >= 4 is 50.5 Å². The van der Waals surface area contributed by atoms with E-state index in [0.29, 0.717) is 16.7 Å². The first-order valence-corrected chi connectivity index (χ1v) is 10.5. The van der Waals surface area contributed by atoms with Crippen molar-refractivity contribution in [1.29, 1.82) is 0 Å². The summed E-state index contributed by atoms with van der Waals surface area (Å²) in [5.41, 5.74) is 1.66. The summed E-state index contributed by atoms with van der Waals surface area (Å²) in [6.07, 6.45) is 1.93. The van der Waals surface area contributed by atoms with Crippen molar-refractivity contribution in [3.8, 4) is 11.5 Å². The Balaban J connectivity index is 1.74. The minimum absolute atomic E-state index is 0.0954. The van der Waals surface area contributed by atoms with Gasteiger partial charge < -0.3 is 14.8 Å². The van der Waals surface area contributed by atoms with E-state index in [1.54, 1.807) is 0 Å². The molecule has 1 saturated heterocycles. The molecule has 3 rings (SSSR count). The SMILES string of the molecule is CCOc1ccc(N=C2NC(=O)/C(=C\c3ccc(OC(C)C)c(Br)c3)S2)cc1. The molecule has 1 N–H and O–H groups in total. The number of hydrogen-bond donors (Lipinski definition) is 1. The van der Waals surface area contributed by atoms with Crippen LogP contribution in [0.3, 0.4) is 0 Å². The predicted octanol–water partition coefficient (Wildman–Crippen LogP) is 5.53. The van der Waals surface area contributed by atoms with Gasteiger partial charge in [0.1, 0.15) is 11.5 Å². The molecule has 2 aromatic rings. The lowest BCUT2D eigenvalue weighted by molar-refractivity contribution is -0.115. The molecule has 1 fully saturated rings. The van der Waals surface area contributed by atoms with Gasteiger partial charge in [-0.1, -0.05) is 6.07 Å². The fourth-order valence-corrected chi connectivity index (χ4v) is 3.82. The minimum atomic E-state index is -0.159. The number of carbonyl (C=O) groups is 1. The molecule has 0 bridgehead atoms. The Bertz CT molecular complexity index is 924. The molecular formula is C21H21BrN2O3S. The molecule has 5 nitrogen and oxygen atoms in total. The predicted molar refractivity (Wildman–Crippen MR) is 118 cm³/mol. The van der Waals surface area contributed by atoms with Gasteiger partial charge in [-0.3, -0.25) is 4.79 Å². The Kier molecular flexibility index (Phi) is 6.80. The fourth-order valence-electron chi connectivity index (χ4n) is 2.49. The summed E-state index contributed by atoms with van der Waals surface area (Å²) in [5.74, 6) is 1.41. The Hall–Kier alpha value is -2.25. The lowest BCUT2D eigenvalue weighted by Crippen LogP contribution is -2.19. The zero-order chi connectivity index (χ0) is 20.1. The van der Waals surface area contributed by atoms with Crippen LogP contribution in [0.25, 0.3) is 6.08 Å². The van der Waals surface area contributed by atoms with E-state index in [2.05, 4.69) is 26.2 Å². The maximum atomic E-state index is 12.3. The fraction of sp³-hybridized carbons (Fsp3) is 0.238. The van der Waals surface area contributed by atoms with Gasteiger partial charge in [0, 0.05) is 0 Å². The first-order valence-electron chi connectivity index (χ1n) is 8.93. The molecule has 0 unspecified atom stereocenters. The van der Waals surface area contributed by atoms with Crippen LogP contribution in [0.4, 0.5) is 5.69 Å². The second-order valence-corrected chi connectivity index (χ2v) is 8.15. The topological polar surface area (TPSA) is 59.9 Å². The lowest BCUT2D eigenvalue weighted by atomic mass is 10.2. The van der Waals surface area contributed by atoms with E-state index in [9.17, 15) is 4.79 Å². The molecule has 0 spiro atoms. The first kappa shape index (κ1) is 20.5. The van der Waals surface area contributed by atoms with Crippen LogP contribution in [0.2, 0.25) is 0 Å². The smallest absolute Gasteiger partial charge is 0.264 e. The molecule has 0 aliphatic carbocycles. The summed E-state index contributed by atoms with van der Waals surface area (Å²) in [5, 5.41) is 3.36. The zero-order valence-corrected chi connectivity index (χ0v) is 18.3. The Morgan fingerprint density at radius 1 is 1.21 bits per heavy atom. The molecule has 1 amide bonds. The van der Waals surface area contributed by atoms with Crippen molar-refractivity contribution in [2.45, 2.75) is 26.9 Å². The maximum absolute atomic E-state index is 12.3. The van der Waals surface area contributed by atoms with Crippen molar-refractivity contribution in [1.82, 2.24) is 5.32 Å². The van der Waals surface area contributed by atoms with Crippen molar-refractivity contribution < 1.29 is 14.3 Å². The van der Waals surface area contributed by atoms with E-state index in [4.69, 9.17) is 9.47 Å². The highest BCUT2D eigenvalue weighted by atomic mass is 79.9. The molecular weight excluding hydrogens is 440 g/mol. The van der Waals surface area contributed by atoms with E-state index < -0.39 is 0 Å². The summed E-state index contributed by atoms with van der Waals surface area (Å²) in [7, 11) is 0. The number of thioether (sulfide) groups is 1. The molecule has 1 aliphatic rings.